The summed E-state index contributed by atoms with van der Waals surface area (Å²) in [6, 6.07) is 3.68. The lowest BCUT2D eigenvalue weighted by molar-refractivity contribution is 0.320. The second-order valence-electron chi connectivity index (χ2n) is 5.19. The van der Waals surface area contributed by atoms with E-state index in [1.165, 1.54) is 24.6 Å². The van der Waals surface area contributed by atoms with Crippen molar-refractivity contribution in [2.75, 3.05) is 18.0 Å². The van der Waals surface area contributed by atoms with Gasteiger partial charge in [-0.3, -0.25) is 0 Å². The van der Waals surface area contributed by atoms with Gasteiger partial charge in [-0.25, -0.2) is 8.78 Å². The Morgan fingerprint density at radius 1 is 1.29 bits per heavy atom. The lowest BCUT2D eigenvalue weighted by Gasteiger charge is -2.36. The number of anilines is 1. The fourth-order valence-corrected chi connectivity index (χ4v) is 2.50. The smallest absolute Gasteiger partial charge is 0.146 e. The van der Waals surface area contributed by atoms with Crippen LogP contribution in [0.15, 0.2) is 18.2 Å². The third kappa shape index (κ3) is 2.76. The molecular weight excluding hydrogens is 220 g/mol. The Kier molecular flexibility index (Phi) is 3.65. The molecule has 1 atom stereocenters. The molecule has 1 unspecified atom stereocenters. The highest BCUT2D eigenvalue weighted by Gasteiger charge is 2.24. The molecule has 0 spiro atoms. The molecule has 2 rings (SSSR count). The number of nitrogens with zero attached hydrogens (tertiary/aromatic N) is 1. The van der Waals surface area contributed by atoms with Crippen LogP contribution in [0.2, 0.25) is 0 Å². The van der Waals surface area contributed by atoms with Crippen LogP contribution in [0, 0.1) is 23.5 Å². The van der Waals surface area contributed by atoms with Crippen molar-refractivity contribution in [3.63, 3.8) is 0 Å². The molecule has 1 nitrogen and oxygen atoms in total. The Bertz CT molecular complexity index is 390. The van der Waals surface area contributed by atoms with Gasteiger partial charge in [-0.05, 0) is 36.8 Å². The minimum absolute atomic E-state index is 0.323. The van der Waals surface area contributed by atoms with E-state index in [1.807, 2.05) is 4.90 Å². The van der Waals surface area contributed by atoms with Gasteiger partial charge >= 0.3 is 0 Å². The molecule has 0 radical (unpaired) electrons. The number of rotatable bonds is 2. The van der Waals surface area contributed by atoms with Crippen molar-refractivity contribution in [2.24, 2.45) is 11.8 Å². The predicted octanol–water partition coefficient (Wildman–Crippen LogP) is 3.84. The average Bonchev–Trinajstić information content (AvgIpc) is 2.32. The molecule has 0 aliphatic carbocycles. The molecule has 1 saturated heterocycles. The van der Waals surface area contributed by atoms with Crippen LogP contribution in [0.25, 0.3) is 0 Å². The summed E-state index contributed by atoms with van der Waals surface area (Å²) in [5, 5.41) is 0. The van der Waals surface area contributed by atoms with Crippen LogP contribution in [0.3, 0.4) is 0 Å². The van der Waals surface area contributed by atoms with E-state index < -0.39 is 0 Å². The summed E-state index contributed by atoms with van der Waals surface area (Å²) in [4.78, 5) is 1.98. The van der Waals surface area contributed by atoms with Gasteiger partial charge in [0.2, 0.25) is 0 Å². The second kappa shape index (κ2) is 5.03. The molecule has 1 fully saturated rings. The van der Waals surface area contributed by atoms with Gasteiger partial charge in [0.05, 0.1) is 5.69 Å². The summed E-state index contributed by atoms with van der Waals surface area (Å²) in [6.07, 6.45) is 2.24. The monoisotopic (exact) mass is 239 g/mol. The second-order valence-corrected chi connectivity index (χ2v) is 5.19. The van der Waals surface area contributed by atoms with E-state index in [0.29, 0.717) is 17.5 Å². The fraction of sp³-hybridized carbons (Fsp3) is 0.571. The van der Waals surface area contributed by atoms with Crippen LogP contribution in [-0.2, 0) is 0 Å². The van der Waals surface area contributed by atoms with E-state index in [2.05, 4.69) is 13.8 Å². The van der Waals surface area contributed by atoms with E-state index in [4.69, 9.17) is 0 Å². The van der Waals surface area contributed by atoms with E-state index in [0.717, 1.165) is 19.5 Å². The average molecular weight is 239 g/mol. The minimum atomic E-state index is -0.368. The molecule has 17 heavy (non-hydrogen) atoms. The number of hydrogen-bond acceptors (Lipinski definition) is 1. The van der Waals surface area contributed by atoms with Gasteiger partial charge in [0.15, 0.2) is 0 Å². The van der Waals surface area contributed by atoms with Gasteiger partial charge in [-0.2, -0.15) is 0 Å². The van der Waals surface area contributed by atoms with Crippen molar-refractivity contribution in [3.05, 3.63) is 29.8 Å². The topological polar surface area (TPSA) is 3.24 Å². The lowest BCUT2D eigenvalue weighted by Crippen LogP contribution is -2.37. The zero-order chi connectivity index (χ0) is 12.4. The molecule has 0 aromatic heterocycles. The first-order valence-electron chi connectivity index (χ1n) is 6.28. The highest BCUT2D eigenvalue weighted by molar-refractivity contribution is 5.48. The third-order valence-electron chi connectivity index (χ3n) is 3.65. The fourth-order valence-electron chi connectivity index (χ4n) is 2.50. The maximum Gasteiger partial charge on any atom is 0.146 e. The summed E-state index contributed by atoms with van der Waals surface area (Å²) in [6.45, 7) is 6.04. The highest BCUT2D eigenvalue weighted by Crippen LogP contribution is 2.29. The van der Waals surface area contributed by atoms with Crippen LogP contribution in [0.1, 0.15) is 26.7 Å². The summed E-state index contributed by atoms with van der Waals surface area (Å²) in [5.74, 6) is 0.477. The molecule has 1 aliphatic rings. The Morgan fingerprint density at radius 2 is 2.06 bits per heavy atom. The molecule has 1 aromatic rings. The number of halogens is 2. The molecule has 3 heteroatoms. The Balaban J connectivity index is 2.18. The standard InChI is InChI=1S/C14H19F2N/c1-10(2)11-4-3-7-17(9-11)14-8-12(15)5-6-13(14)16/h5-6,8,10-11H,3-4,7,9H2,1-2H3. The van der Waals surface area contributed by atoms with Crippen molar-refractivity contribution >= 4 is 5.69 Å². The first-order chi connectivity index (χ1) is 8.08. The molecule has 94 valence electrons. The molecule has 0 N–H and O–H groups in total. The number of hydrogen-bond donors (Lipinski definition) is 0. The van der Waals surface area contributed by atoms with Gasteiger partial charge in [0.1, 0.15) is 11.6 Å². The third-order valence-corrected chi connectivity index (χ3v) is 3.65. The highest BCUT2D eigenvalue weighted by atomic mass is 19.1. The largest absolute Gasteiger partial charge is 0.369 e. The summed E-state index contributed by atoms with van der Waals surface area (Å²) >= 11 is 0. The summed E-state index contributed by atoms with van der Waals surface area (Å²) in [7, 11) is 0. The minimum Gasteiger partial charge on any atom is -0.369 e. The molecule has 1 heterocycles. The van der Waals surface area contributed by atoms with E-state index in [1.54, 1.807) is 0 Å². The Morgan fingerprint density at radius 3 is 2.76 bits per heavy atom. The van der Waals surface area contributed by atoms with Crippen molar-refractivity contribution < 1.29 is 8.78 Å². The summed E-state index contributed by atoms with van der Waals surface area (Å²) < 4.78 is 26.8. The molecule has 1 aromatic carbocycles. The van der Waals surface area contributed by atoms with Crippen molar-refractivity contribution in [2.45, 2.75) is 26.7 Å². The maximum absolute atomic E-state index is 13.7. The van der Waals surface area contributed by atoms with Gasteiger partial charge in [0, 0.05) is 19.2 Å². The van der Waals surface area contributed by atoms with Crippen LogP contribution in [0.4, 0.5) is 14.5 Å². The van der Waals surface area contributed by atoms with Crippen LogP contribution < -0.4 is 4.90 Å². The Labute approximate surface area is 101 Å². The van der Waals surface area contributed by atoms with Gasteiger partial charge in [0.25, 0.3) is 0 Å². The van der Waals surface area contributed by atoms with Gasteiger partial charge < -0.3 is 4.90 Å². The van der Waals surface area contributed by atoms with E-state index >= 15 is 0 Å². The normalized spacial score (nSPS) is 21.0. The molecule has 0 saturated carbocycles. The SMILES string of the molecule is CC(C)C1CCCN(c2cc(F)ccc2F)C1. The zero-order valence-electron chi connectivity index (χ0n) is 10.4. The molecule has 0 bridgehead atoms. The zero-order valence-corrected chi connectivity index (χ0v) is 10.4. The Hall–Kier alpha value is -1.12. The summed E-state index contributed by atoms with van der Waals surface area (Å²) in [5.41, 5.74) is 0.412. The molecular formula is C14H19F2N. The van der Waals surface area contributed by atoms with E-state index in [-0.39, 0.29) is 11.6 Å². The number of piperidine rings is 1. The van der Waals surface area contributed by atoms with Crippen LogP contribution >= 0.6 is 0 Å². The lowest BCUT2D eigenvalue weighted by atomic mass is 9.87. The van der Waals surface area contributed by atoms with Crippen LogP contribution in [0.5, 0.6) is 0 Å². The predicted molar refractivity (Wildman–Crippen MR) is 66.1 cm³/mol. The van der Waals surface area contributed by atoms with Crippen molar-refractivity contribution in [1.82, 2.24) is 0 Å². The van der Waals surface area contributed by atoms with Crippen molar-refractivity contribution in [1.29, 1.82) is 0 Å². The van der Waals surface area contributed by atoms with Crippen molar-refractivity contribution in [3.8, 4) is 0 Å². The van der Waals surface area contributed by atoms with E-state index in [9.17, 15) is 8.78 Å². The maximum atomic E-state index is 13.7. The first-order valence-corrected chi connectivity index (χ1v) is 6.28. The van der Waals surface area contributed by atoms with Gasteiger partial charge in [-0.15, -0.1) is 0 Å². The van der Waals surface area contributed by atoms with Gasteiger partial charge in [-0.1, -0.05) is 13.8 Å². The molecule has 0 amide bonds. The van der Waals surface area contributed by atoms with Crippen LogP contribution in [-0.4, -0.2) is 13.1 Å². The quantitative estimate of drug-likeness (QED) is 0.758. The first kappa shape index (κ1) is 12.3. The number of benzene rings is 1. The molecule has 1 aliphatic heterocycles.